The number of aromatic amines is 1. The summed E-state index contributed by atoms with van der Waals surface area (Å²) in [5.41, 5.74) is 0. The van der Waals surface area contributed by atoms with Crippen molar-refractivity contribution in [3.63, 3.8) is 0 Å². The monoisotopic (exact) mass is 235 g/mol. The second-order valence-electron chi connectivity index (χ2n) is 2.74. The number of rotatable bonds is 5. The lowest BCUT2D eigenvalue weighted by molar-refractivity contribution is 0.486. The molecule has 0 unspecified atom stereocenters. The van der Waals surface area contributed by atoms with E-state index < -0.39 is 10.0 Å². The van der Waals surface area contributed by atoms with Crippen LogP contribution in [0.5, 0.6) is 0 Å². The fourth-order valence-electron chi connectivity index (χ4n) is 0.892. The molecular formula is C7H13N3O2S2. The highest BCUT2D eigenvalue weighted by Gasteiger charge is 2.21. The van der Waals surface area contributed by atoms with E-state index in [1.54, 1.807) is 18.8 Å². The van der Waals surface area contributed by atoms with E-state index in [1.807, 2.05) is 6.26 Å². The van der Waals surface area contributed by atoms with E-state index in [0.29, 0.717) is 6.54 Å². The molecule has 5 nitrogen and oxygen atoms in total. The van der Waals surface area contributed by atoms with Crippen LogP contribution in [-0.4, -0.2) is 48.3 Å². The third-order valence-electron chi connectivity index (χ3n) is 1.77. The Kier molecular flexibility index (Phi) is 3.97. The molecule has 0 bridgehead atoms. The SMILES string of the molecule is CSCCN(C)S(=O)(=O)c1cnc[nH]1. The van der Waals surface area contributed by atoms with Crippen molar-refractivity contribution in [2.24, 2.45) is 0 Å². The van der Waals surface area contributed by atoms with Crippen molar-refractivity contribution in [3.05, 3.63) is 12.5 Å². The van der Waals surface area contributed by atoms with E-state index in [4.69, 9.17) is 0 Å². The molecule has 0 spiro atoms. The minimum Gasteiger partial charge on any atom is -0.335 e. The zero-order valence-corrected chi connectivity index (χ0v) is 9.73. The van der Waals surface area contributed by atoms with Gasteiger partial charge < -0.3 is 4.98 Å². The molecule has 1 rings (SSSR count). The van der Waals surface area contributed by atoms with Gasteiger partial charge in [-0.05, 0) is 6.26 Å². The van der Waals surface area contributed by atoms with Crippen LogP contribution in [0, 0.1) is 0 Å². The summed E-state index contributed by atoms with van der Waals surface area (Å²) >= 11 is 1.61. The van der Waals surface area contributed by atoms with Crippen LogP contribution in [-0.2, 0) is 10.0 Å². The lowest BCUT2D eigenvalue weighted by Gasteiger charge is -2.14. The van der Waals surface area contributed by atoms with Crippen molar-refractivity contribution in [1.29, 1.82) is 0 Å². The molecule has 0 aliphatic heterocycles. The molecule has 0 saturated carbocycles. The summed E-state index contributed by atoms with van der Waals surface area (Å²) in [6.45, 7) is 0.503. The van der Waals surface area contributed by atoms with Gasteiger partial charge in [0.25, 0.3) is 10.0 Å². The van der Waals surface area contributed by atoms with Crippen molar-refractivity contribution < 1.29 is 8.42 Å². The number of imidazole rings is 1. The van der Waals surface area contributed by atoms with E-state index in [2.05, 4.69) is 9.97 Å². The van der Waals surface area contributed by atoms with Gasteiger partial charge in [0.2, 0.25) is 0 Å². The van der Waals surface area contributed by atoms with Gasteiger partial charge in [-0.3, -0.25) is 0 Å². The molecule has 0 radical (unpaired) electrons. The smallest absolute Gasteiger partial charge is 0.259 e. The third kappa shape index (κ3) is 2.49. The second kappa shape index (κ2) is 4.81. The first-order chi connectivity index (χ1) is 6.59. The van der Waals surface area contributed by atoms with Crippen molar-refractivity contribution >= 4 is 21.8 Å². The fraction of sp³-hybridized carbons (Fsp3) is 0.571. The predicted molar refractivity (Wildman–Crippen MR) is 56.8 cm³/mol. The van der Waals surface area contributed by atoms with Crippen LogP contribution in [0.3, 0.4) is 0 Å². The van der Waals surface area contributed by atoms with Gasteiger partial charge in [0.05, 0.1) is 12.5 Å². The van der Waals surface area contributed by atoms with Gasteiger partial charge in [-0.1, -0.05) is 0 Å². The number of hydrogen-bond donors (Lipinski definition) is 1. The molecule has 14 heavy (non-hydrogen) atoms. The summed E-state index contributed by atoms with van der Waals surface area (Å²) in [7, 11) is -1.80. The van der Waals surface area contributed by atoms with Crippen molar-refractivity contribution in [2.75, 3.05) is 25.6 Å². The van der Waals surface area contributed by atoms with Crippen LogP contribution in [0.4, 0.5) is 0 Å². The van der Waals surface area contributed by atoms with Gasteiger partial charge in [-0.15, -0.1) is 0 Å². The maximum Gasteiger partial charge on any atom is 0.259 e. The first kappa shape index (κ1) is 11.5. The van der Waals surface area contributed by atoms with Gasteiger partial charge in [0.15, 0.2) is 5.03 Å². The molecule has 0 aromatic carbocycles. The van der Waals surface area contributed by atoms with Gasteiger partial charge in [0, 0.05) is 19.3 Å². The lowest BCUT2D eigenvalue weighted by Crippen LogP contribution is -2.29. The normalized spacial score (nSPS) is 12.2. The minimum atomic E-state index is -3.37. The standard InChI is InChI=1S/C7H13N3O2S2/c1-10(3-4-13-2)14(11,12)7-5-8-6-9-7/h5-6H,3-4H2,1-2H3,(H,8,9). The molecule has 1 aromatic rings. The summed E-state index contributed by atoms with van der Waals surface area (Å²) in [4.78, 5) is 6.27. The third-order valence-corrected chi connectivity index (χ3v) is 4.14. The van der Waals surface area contributed by atoms with E-state index in [9.17, 15) is 8.42 Å². The maximum absolute atomic E-state index is 11.7. The highest BCUT2D eigenvalue weighted by Crippen LogP contribution is 2.10. The van der Waals surface area contributed by atoms with E-state index >= 15 is 0 Å². The van der Waals surface area contributed by atoms with E-state index in [0.717, 1.165) is 5.75 Å². The van der Waals surface area contributed by atoms with Crippen LogP contribution in [0.2, 0.25) is 0 Å². The summed E-state index contributed by atoms with van der Waals surface area (Å²) in [6, 6.07) is 0. The Bertz CT molecular complexity index is 360. The van der Waals surface area contributed by atoms with Crippen molar-refractivity contribution in [3.8, 4) is 0 Å². The molecule has 0 fully saturated rings. The molecule has 0 atom stereocenters. The molecule has 0 aliphatic rings. The Hall–Kier alpha value is -0.530. The lowest BCUT2D eigenvalue weighted by atomic mass is 10.8. The average Bonchev–Trinajstić information content (AvgIpc) is 2.67. The maximum atomic E-state index is 11.7. The molecule has 0 amide bonds. The highest BCUT2D eigenvalue weighted by molar-refractivity contribution is 7.98. The topological polar surface area (TPSA) is 66.1 Å². The minimum absolute atomic E-state index is 0.140. The Labute approximate surface area is 88.0 Å². The Morgan fingerprint density at radius 2 is 2.36 bits per heavy atom. The molecule has 1 heterocycles. The molecule has 7 heteroatoms. The number of nitrogens with one attached hydrogen (secondary N) is 1. The number of H-pyrrole nitrogens is 1. The van der Waals surface area contributed by atoms with Crippen LogP contribution >= 0.6 is 11.8 Å². The largest absolute Gasteiger partial charge is 0.335 e. The molecule has 1 aromatic heterocycles. The zero-order valence-electron chi connectivity index (χ0n) is 8.10. The highest BCUT2D eigenvalue weighted by atomic mass is 32.2. The number of aromatic nitrogens is 2. The Morgan fingerprint density at radius 3 is 2.86 bits per heavy atom. The molecule has 1 N–H and O–H groups in total. The Morgan fingerprint density at radius 1 is 1.64 bits per heavy atom. The van der Waals surface area contributed by atoms with Gasteiger partial charge in [0.1, 0.15) is 0 Å². The number of sulfonamides is 1. The quantitative estimate of drug-likeness (QED) is 0.802. The molecular weight excluding hydrogens is 222 g/mol. The first-order valence-electron chi connectivity index (χ1n) is 4.02. The summed E-state index contributed by atoms with van der Waals surface area (Å²) in [6.07, 6.45) is 4.61. The summed E-state index contributed by atoms with van der Waals surface area (Å²) < 4.78 is 24.8. The predicted octanol–water partition coefficient (Wildman–Crippen LogP) is 0.393. The number of hydrogen-bond acceptors (Lipinski definition) is 4. The summed E-state index contributed by atoms with van der Waals surface area (Å²) in [5, 5.41) is 0.140. The van der Waals surface area contributed by atoms with Crippen LogP contribution in [0.25, 0.3) is 0 Å². The number of nitrogens with zero attached hydrogens (tertiary/aromatic N) is 2. The molecule has 80 valence electrons. The summed E-state index contributed by atoms with van der Waals surface area (Å²) in [5.74, 6) is 0.782. The average molecular weight is 235 g/mol. The Balaban J connectivity index is 2.76. The second-order valence-corrected chi connectivity index (χ2v) is 5.73. The van der Waals surface area contributed by atoms with Crippen LogP contribution in [0.15, 0.2) is 17.6 Å². The van der Waals surface area contributed by atoms with E-state index in [1.165, 1.54) is 16.8 Å². The number of thioether (sulfide) groups is 1. The first-order valence-corrected chi connectivity index (χ1v) is 6.86. The van der Waals surface area contributed by atoms with Gasteiger partial charge >= 0.3 is 0 Å². The molecule has 0 aliphatic carbocycles. The van der Waals surface area contributed by atoms with Gasteiger partial charge in [-0.25, -0.2) is 13.4 Å². The van der Waals surface area contributed by atoms with E-state index in [-0.39, 0.29) is 5.03 Å². The fourth-order valence-corrected chi connectivity index (χ4v) is 2.53. The zero-order chi connectivity index (χ0) is 10.6. The van der Waals surface area contributed by atoms with Crippen molar-refractivity contribution in [2.45, 2.75) is 5.03 Å². The van der Waals surface area contributed by atoms with Crippen LogP contribution in [0.1, 0.15) is 0 Å². The van der Waals surface area contributed by atoms with Crippen LogP contribution < -0.4 is 0 Å². The molecule has 0 saturated heterocycles. The van der Waals surface area contributed by atoms with Crippen molar-refractivity contribution in [1.82, 2.24) is 14.3 Å². The van der Waals surface area contributed by atoms with Gasteiger partial charge in [-0.2, -0.15) is 16.1 Å².